The molecular formula is C24H23N7O2. The molecule has 9 heteroatoms. The molecule has 4 rings (SSSR count). The highest BCUT2D eigenvalue weighted by Gasteiger charge is 2.18. The van der Waals surface area contributed by atoms with E-state index in [1.165, 1.54) is 15.7 Å². The Morgan fingerprint density at radius 2 is 2.15 bits per heavy atom. The number of aliphatic hydroxyl groups is 1. The number of nitrogens with zero attached hydrogens (tertiary/aromatic N) is 5. The molecule has 1 amide bonds. The highest BCUT2D eigenvalue weighted by molar-refractivity contribution is 6.00. The van der Waals surface area contributed by atoms with Crippen molar-refractivity contribution in [1.29, 1.82) is 0 Å². The Bertz CT molecular complexity index is 1340. The predicted molar refractivity (Wildman–Crippen MR) is 123 cm³/mol. The van der Waals surface area contributed by atoms with Crippen molar-refractivity contribution in [3.05, 3.63) is 113 Å². The molecule has 0 saturated heterocycles. The third-order valence-electron chi connectivity index (χ3n) is 4.93. The molecule has 4 N–H and O–H groups in total. The van der Waals surface area contributed by atoms with E-state index in [0.29, 0.717) is 34.7 Å². The number of nitrogens with one attached hydrogen (secondary N) is 1. The third-order valence-corrected chi connectivity index (χ3v) is 4.93. The van der Waals surface area contributed by atoms with Gasteiger partial charge in [0.2, 0.25) is 0 Å². The van der Waals surface area contributed by atoms with Gasteiger partial charge >= 0.3 is 0 Å². The van der Waals surface area contributed by atoms with Gasteiger partial charge in [0.05, 0.1) is 12.8 Å². The molecule has 3 aromatic heterocycles. The van der Waals surface area contributed by atoms with E-state index in [4.69, 9.17) is 5.84 Å². The average Bonchev–Trinajstić information content (AvgIpc) is 3.16. The van der Waals surface area contributed by atoms with Gasteiger partial charge in [0.25, 0.3) is 5.91 Å². The van der Waals surface area contributed by atoms with Crippen LogP contribution in [0.3, 0.4) is 0 Å². The van der Waals surface area contributed by atoms with E-state index in [1.54, 1.807) is 43.0 Å². The van der Waals surface area contributed by atoms with Crippen molar-refractivity contribution < 1.29 is 9.90 Å². The first-order valence-electron chi connectivity index (χ1n) is 10.2. The maximum Gasteiger partial charge on any atom is 0.262 e. The van der Waals surface area contributed by atoms with Crippen LogP contribution in [-0.4, -0.2) is 35.6 Å². The van der Waals surface area contributed by atoms with E-state index < -0.39 is 5.91 Å². The molecule has 33 heavy (non-hydrogen) atoms. The smallest absolute Gasteiger partial charge is 0.262 e. The molecular weight excluding hydrogens is 418 g/mol. The van der Waals surface area contributed by atoms with Crippen molar-refractivity contribution in [1.82, 2.24) is 29.9 Å². The van der Waals surface area contributed by atoms with Crippen molar-refractivity contribution in [2.45, 2.75) is 20.0 Å². The number of hydrazine groups is 1. The fourth-order valence-electron chi connectivity index (χ4n) is 3.19. The molecule has 0 unspecified atom stereocenters. The minimum Gasteiger partial charge on any atom is -0.392 e. The van der Waals surface area contributed by atoms with E-state index in [2.05, 4.69) is 26.1 Å². The van der Waals surface area contributed by atoms with Gasteiger partial charge in [0, 0.05) is 24.8 Å². The van der Waals surface area contributed by atoms with Crippen molar-refractivity contribution >= 4 is 11.6 Å². The normalized spacial score (nSPS) is 13.5. The summed E-state index contributed by atoms with van der Waals surface area (Å²) in [7, 11) is 0. The van der Waals surface area contributed by atoms with E-state index in [0.717, 1.165) is 11.1 Å². The predicted octanol–water partition coefficient (Wildman–Crippen LogP) is 2.16. The molecule has 1 aliphatic carbocycles. The van der Waals surface area contributed by atoms with Crippen LogP contribution in [-0.2, 0) is 13.0 Å². The van der Waals surface area contributed by atoms with Gasteiger partial charge in [-0.05, 0) is 48.8 Å². The number of rotatable bonds is 7. The molecule has 1 aliphatic rings. The number of aliphatic hydroxyl groups excluding tert-OH is 1. The van der Waals surface area contributed by atoms with Crippen LogP contribution in [0.5, 0.6) is 0 Å². The van der Waals surface area contributed by atoms with Crippen LogP contribution in [0.1, 0.15) is 28.4 Å². The molecule has 3 heterocycles. The number of fused-ring (bicyclic) bond motifs is 1. The zero-order chi connectivity index (χ0) is 23.2. The summed E-state index contributed by atoms with van der Waals surface area (Å²) < 4.78 is 1.53. The van der Waals surface area contributed by atoms with Gasteiger partial charge in [-0.1, -0.05) is 29.5 Å². The Morgan fingerprint density at radius 3 is 3.00 bits per heavy atom. The van der Waals surface area contributed by atoms with Gasteiger partial charge in [-0.25, -0.2) is 15.3 Å². The van der Waals surface area contributed by atoms with Gasteiger partial charge in [-0.3, -0.25) is 14.8 Å². The number of hydrogen-bond donors (Lipinski definition) is 3. The molecule has 3 aromatic rings. The number of amides is 1. The summed E-state index contributed by atoms with van der Waals surface area (Å²) in [6.45, 7) is 1.87. The van der Waals surface area contributed by atoms with Gasteiger partial charge in [0.15, 0.2) is 5.65 Å². The molecule has 0 fully saturated rings. The van der Waals surface area contributed by atoms with Gasteiger partial charge in [0.1, 0.15) is 17.1 Å². The van der Waals surface area contributed by atoms with Crippen molar-refractivity contribution in [2.75, 3.05) is 0 Å². The zero-order valence-electron chi connectivity index (χ0n) is 18.0. The average molecular weight is 441 g/mol. The topological polar surface area (TPSA) is 122 Å². The standard InChI is InChI=1S/C24H23N7O2/c1-17-4-2-5-20(8-6-17)31(25)22(9-7-18-12-19(16-32)14-26-13-18)29-24(33)21-15-28-30-11-3-10-27-23(21)30/h2-4,6,8-15,32H,7,16,25H2,1H3,(H,29,33). The monoisotopic (exact) mass is 441 g/mol. The van der Waals surface area contributed by atoms with Crippen molar-refractivity contribution in [2.24, 2.45) is 5.84 Å². The van der Waals surface area contributed by atoms with Gasteiger partial charge < -0.3 is 10.4 Å². The quantitative estimate of drug-likeness (QED) is 0.292. The molecule has 0 atom stereocenters. The summed E-state index contributed by atoms with van der Waals surface area (Å²) in [5.74, 6) is 6.36. The lowest BCUT2D eigenvalue weighted by atomic mass is 10.1. The van der Waals surface area contributed by atoms with Crippen LogP contribution >= 0.6 is 0 Å². The summed E-state index contributed by atoms with van der Waals surface area (Å²) in [4.78, 5) is 21.5. The van der Waals surface area contributed by atoms with Crippen LogP contribution in [0.2, 0.25) is 0 Å². The Morgan fingerprint density at radius 1 is 1.30 bits per heavy atom. The summed E-state index contributed by atoms with van der Waals surface area (Å²) in [6, 6.07) is 3.58. The number of nitrogens with two attached hydrogens (primary N) is 1. The molecule has 0 saturated carbocycles. The van der Waals surface area contributed by atoms with Gasteiger partial charge in [-0.2, -0.15) is 5.10 Å². The number of carbonyl (C=O) groups is 1. The second-order valence-electron chi connectivity index (χ2n) is 7.36. The van der Waals surface area contributed by atoms with Crippen LogP contribution in [0.15, 0.2) is 96.3 Å². The minimum absolute atomic E-state index is 0.103. The third kappa shape index (κ3) is 5.13. The summed E-state index contributed by atoms with van der Waals surface area (Å²) in [5, 5.41) is 17.8. The number of carbonyl (C=O) groups excluding carboxylic acids is 1. The summed E-state index contributed by atoms with van der Waals surface area (Å²) in [5.41, 5.74) is 7.03. The molecule has 166 valence electrons. The molecule has 0 radical (unpaired) electrons. The van der Waals surface area contributed by atoms with E-state index >= 15 is 0 Å². The number of aromatic nitrogens is 4. The first-order valence-corrected chi connectivity index (χ1v) is 10.2. The maximum absolute atomic E-state index is 13.1. The van der Waals surface area contributed by atoms with Crippen LogP contribution in [0.25, 0.3) is 5.65 Å². The van der Waals surface area contributed by atoms with E-state index in [1.807, 2.05) is 31.2 Å². The molecule has 0 aliphatic heterocycles. The van der Waals surface area contributed by atoms with Crippen LogP contribution in [0, 0.1) is 0 Å². The fourth-order valence-corrected chi connectivity index (χ4v) is 3.19. The number of pyridine rings is 1. The fraction of sp³-hybridized carbons (Fsp3) is 0.125. The lowest BCUT2D eigenvalue weighted by Crippen LogP contribution is -2.38. The van der Waals surface area contributed by atoms with E-state index in [-0.39, 0.29) is 6.61 Å². The Hall–Kier alpha value is -4.30. The maximum atomic E-state index is 13.1. The van der Waals surface area contributed by atoms with Crippen LogP contribution < -0.4 is 11.2 Å². The minimum atomic E-state index is -0.399. The molecule has 0 spiro atoms. The van der Waals surface area contributed by atoms with Crippen LogP contribution in [0.4, 0.5) is 0 Å². The Kier molecular flexibility index (Phi) is 6.56. The number of allylic oxidation sites excluding steroid dienone is 5. The second-order valence-corrected chi connectivity index (χ2v) is 7.36. The number of hydrogen-bond acceptors (Lipinski definition) is 7. The SMILES string of the molecule is CC1=CC=C=C(N(N)C(=CCc2cncc(CO)c2)NC(=O)c2cnn3cccnc23)C=C1. The zero-order valence-corrected chi connectivity index (χ0v) is 18.0. The van der Waals surface area contributed by atoms with Gasteiger partial charge in [-0.15, -0.1) is 0 Å². The first kappa shape index (κ1) is 21.9. The highest BCUT2D eigenvalue weighted by Crippen LogP contribution is 2.14. The molecule has 9 nitrogen and oxygen atoms in total. The second kappa shape index (κ2) is 9.88. The lowest BCUT2D eigenvalue weighted by molar-refractivity contribution is 0.0956. The largest absolute Gasteiger partial charge is 0.392 e. The van der Waals surface area contributed by atoms with Crippen molar-refractivity contribution in [3.8, 4) is 0 Å². The molecule has 0 bridgehead atoms. The lowest BCUT2D eigenvalue weighted by Gasteiger charge is -2.22. The van der Waals surface area contributed by atoms with Crippen molar-refractivity contribution in [3.63, 3.8) is 0 Å². The molecule has 0 aromatic carbocycles. The highest BCUT2D eigenvalue weighted by atomic mass is 16.3. The summed E-state index contributed by atoms with van der Waals surface area (Å²) >= 11 is 0. The summed E-state index contributed by atoms with van der Waals surface area (Å²) in [6.07, 6.45) is 17.7. The Labute approximate surface area is 190 Å². The first-order chi connectivity index (χ1) is 16.0. The Balaban J connectivity index is 1.65. The van der Waals surface area contributed by atoms with E-state index in [9.17, 15) is 9.90 Å².